The van der Waals surface area contributed by atoms with Crippen molar-refractivity contribution >= 4 is 40.5 Å². The fraction of sp³-hybridized carbons (Fsp3) is 0.222. The molecular formula is C18H19NO3S. The topological polar surface area (TPSA) is 66.4 Å². The van der Waals surface area contributed by atoms with Crippen LogP contribution in [0.2, 0.25) is 0 Å². The summed E-state index contributed by atoms with van der Waals surface area (Å²) in [6, 6.07) is 12.9. The predicted octanol–water partition coefficient (Wildman–Crippen LogP) is 3.18. The fourth-order valence-corrected chi connectivity index (χ4v) is 2.75. The molecule has 0 aliphatic heterocycles. The Balaban J connectivity index is 2.09. The van der Waals surface area contributed by atoms with Gasteiger partial charge in [0.15, 0.2) is 0 Å². The lowest BCUT2D eigenvalue weighted by molar-refractivity contribution is -0.141. The number of fused-ring (bicyclic) bond motifs is 1. The third-order valence-electron chi connectivity index (χ3n) is 3.46. The highest BCUT2D eigenvalue weighted by molar-refractivity contribution is 7.98. The molecule has 4 nitrogen and oxygen atoms in total. The molecular weight excluding hydrogens is 310 g/mol. The average molecular weight is 329 g/mol. The standard InChI is InChI=1S/C18H19NO3S/c1-23-12-11-16(18(21)22)19-17(20)10-9-14-7-4-6-13-5-2-3-8-15(13)14/h2-10,16H,11-12H2,1H3,(H,19,20)(H,21,22)/b10-9+. The van der Waals surface area contributed by atoms with E-state index in [1.165, 1.54) is 6.08 Å². The minimum Gasteiger partial charge on any atom is -0.480 e. The molecule has 5 heteroatoms. The molecule has 0 spiro atoms. The summed E-state index contributed by atoms with van der Waals surface area (Å²) in [5.41, 5.74) is 0.925. The molecule has 0 aliphatic rings. The second-order valence-electron chi connectivity index (χ2n) is 5.08. The lowest BCUT2D eigenvalue weighted by Gasteiger charge is -2.12. The SMILES string of the molecule is CSCCC(NC(=O)/C=C/c1cccc2ccccc12)C(=O)O. The Morgan fingerprint density at radius 3 is 2.70 bits per heavy atom. The van der Waals surface area contributed by atoms with E-state index in [1.54, 1.807) is 17.8 Å². The van der Waals surface area contributed by atoms with E-state index < -0.39 is 17.9 Å². The molecule has 120 valence electrons. The maximum atomic E-state index is 12.0. The lowest BCUT2D eigenvalue weighted by Crippen LogP contribution is -2.40. The van der Waals surface area contributed by atoms with Crippen molar-refractivity contribution in [1.82, 2.24) is 5.32 Å². The average Bonchev–Trinajstić information content (AvgIpc) is 2.56. The number of carboxylic acid groups (broad SMARTS) is 1. The summed E-state index contributed by atoms with van der Waals surface area (Å²) in [6.07, 6.45) is 5.41. The Morgan fingerprint density at radius 2 is 1.96 bits per heavy atom. The van der Waals surface area contributed by atoms with Crippen molar-refractivity contribution in [2.24, 2.45) is 0 Å². The minimum absolute atomic E-state index is 0.397. The first-order valence-corrected chi connectivity index (χ1v) is 8.69. The Kier molecular flexibility index (Phi) is 6.23. The number of hydrogen-bond donors (Lipinski definition) is 2. The molecule has 0 saturated heterocycles. The fourth-order valence-electron chi connectivity index (χ4n) is 2.27. The summed E-state index contributed by atoms with van der Waals surface area (Å²) in [7, 11) is 0. The van der Waals surface area contributed by atoms with Crippen LogP contribution >= 0.6 is 11.8 Å². The zero-order valence-corrected chi connectivity index (χ0v) is 13.7. The zero-order valence-electron chi connectivity index (χ0n) is 12.9. The Morgan fingerprint density at radius 1 is 1.22 bits per heavy atom. The molecule has 1 atom stereocenters. The number of thioether (sulfide) groups is 1. The highest BCUT2D eigenvalue weighted by Crippen LogP contribution is 2.19. The second-order valence-corrected chi connectivity index (χ2v) is 6.07. The number of carboxylic acids is 1. The van der Waals surface area contributed by atoms with E-state index in [0.29, 0.717) is 12.2 Å². The van der Waals surface area contributed by atoms with Gasteiger partial charge in [0.25, 0.3) is 0 Å². The molecule has 0 radical (unpaired) electrons. The van der Waals surface area contributed by atoms with Gasteiger partial charge in [-0.25, -0.2) is 4.79 Å². The van der Waals surface area contributed by atoms with Gasteiger partial charge in [-0.2, -0.15) is 11.8 Å². The van der Waals surface area contributed by atoms with Gasteiger partial charge < -0.3 is 10.4 Å². The van der Waals surface area contributed by atoms with Crippen LogP contribution < -0.4 is 5.32 Å². The van der Waals surface area contributed by atoms with Crippen molar-refractivity contribution in [1.29, 1.82) is 0 Å². The van der Waals surface area contributed by atoms with Crippen LogP contribution in [0.4, 0.5) is 0 Å². The van der Waals surface area contributed by atoms with E-state index in [9.17, 15) is 9.59 Å². The Labute approximate surface area is 139 Å². The van der Waals surface area contributed by atoms with Gasteiger partial charge in [0.05, 0.1) is 0 Å². The molecule has 1 unspecified atom stereocenters. The predicted molar refractivity (Wildman–Crippen MR) is 95.5 cm³/mol. The Bertz CT molecular complexity index is 722. The summed E-state index contributed by atoms with van der Waals surface area (Å²) in [5, 5.41) is 13.8. The molecule has 2 rings (SSSR count). The molecule has 0 bridgehead atoms. The quantitative estimate of drug-likeness (QED) is 0.766. The van der Waals surface area contributed by atoms with Crippen LogP contribution in [0.3, 0.4) is 0 Å². The number of aliphatic carboxylic acids is 1. The zero-order chi connectivity index (χ0) is 16.7. The van der Waals surface area contributed by atoms with Gasteiger partial charge in [-0.15, -0.1) is 0 Å². The maximum Gasteiger partial charge on any atom is 0.326 e. The molecule has 2 aromatic carbocycles. The summed E-state index contributed by atoms with van der Waals surface area (Å²) in [6.45, 7) is 0. The van der Waals surface area contributed by atoms with Crippen LogP contribution in [0, 0.1) is 0 Å². The van der Waals surface area contributed by atoms with Gasteiger partial charge in [0, 0.05) is 6.08 Å². The monoisotopic (exact) mass is 329 g/mol. The highest BCUT2D eigenvalue weighted by Gasteiger charge is 2.17. The first kappa shape index (κ1) is 17.1. The van der Waals surface area contributed by atoms with Crippen LogP contribution in [0.25, 0.3) is 16.8 Å². The third-order valence-corrected chi connectivity index (χ3v) is 4.11. The van der Waals surface area contributed by atoms with E-state index in [2.05, 4.69) is 5.32 Å². The van der Waals surface area contributed by atoms with Crippen LogP contribution in [-0.2, 0) is 9.59 Å². The lowest BCUT2D eigenvalue weighted by atomic mass is 10.0. The van der Waals surface area contributed by atoms with E-state index in [1.807, 2.05) is 48.7 Å². The summed E-state index contributed by atoms with van der Waals surface area (Å²) < 4.78 is 0. The molecule has 23 heavy (non-hydrogen) atoms. The van der Waals surface area contributed by atoms with Gasteiger partial charge in [-0.3, -0.25) is 4.79 Å². The Hall–Kier alpha value is -2.27. The molecule has 2 aromatic rings. The van der Waals surface area contributed by atoms with Crippen molar-refractivity contribution in [3.8, 4) is 0 Å². The number of rotatable bonds is 7. The maximum absolute atomic E-state index is 12.0. The van der Waals surface area contributed by atoms with Crippen molar-refractivity contribution < 1.29 is 14.7 Å². The number of nitrogens with one attached hydrogen (secondary N) is 1. The second kappa shape index (κ2) is 8.39. The van der Waals surface area contributed by atoms with E-state index in [4.69, 9.17) is 5.11 Å². The molecule has 0 heterocycles. The van der Waals surface area contributed by atoms with Crippen LogP contribution in [0.1, 0.15) is 12.0 Å². The number of amides is 1. The van der Waals surface area contributed by atoms with Gasteiger partial charge >= 0.3 is 5.97 Å². The molecule has 0 aliphatic carbocycles. The molecule has 0 aromatic heterocycles. The van der Waals surface area contributed by atoms with Crippen molar-refractivity contribution in [3.05, 3.63) is 54.1 Å². The van der Waals surface area contributed by atoms with Crippen molar-refractivity contribution in [2.75, 3.05) is 12.0 Å². The summed E-state index contributed by atoms with van der Waals surface area (Å²) >= 11 is 1.55. The van der Waals surface area contributed by atoms with Gasteiger partial charge in [-0.1, -0.05) is 42.5 Å². The molecule has 0 fully saturated rings. The third kappa shape index (κ3) is 4.86. The van der Waals surface area contributed by atoms with Gasteiger partial charge in [0.1, 0.15) is 6.04 Å². The van der Waals surface area contributed by atoms with Crippen LogP contribution in [0.5, 0.6) is 0 Å². The van der Waals surface area contributed by atoms with E-state index in [-0.39, 0.29) is 0 Å². The summed E-state index contributed by atoms with van der Waals surface area (Å²) in [5.74, 6) is -0.720. The van der Waals surface area contributed by atoms with E-state index in [0.717, 1.165) is 16.3 Å². The smallest absolute Gasteiger partial charge is 0.326 e. The van der Waals surface area contributed by atoms with Crippen molar-refractivity contribution in [3.63, 3.8) is 0 Å². The normalized spacial score (nSPS) is 12.4. The number of carbonyl (C=O) groups is 2. The van der Waals surface area contributed by atoms with Crippen molar-refractivity contribution in [2.45, 2.75) is 12.5 Å². The van der Waals surface area contributed by atoms with Crippen LogP contribution in [-0.4, -0.2) is 35.0 Å². The van der Waals surface area contributed by atoms with Gasteiger partial charge in [-0.05, 0) is 40.8 Å². The highest BCUT2D eigenvalue weighted by atomic mass is 32.2. The number of carbonyl (C=O) groups excluding carboxylic acids is 1. The first-order valence-electron chi connectivity index (χ1n) is 7.30. The molecule has 1 amide bonds. The first-order chi connectivity index (χ1) is 11.1. The largest absolute Gasteiger partial charge is 0.480 e. The molecule has 0 saturated carbocycles. The molecule has 2 N–H and O–H groups in total. The minimum atomic E-state index is -1.01. The van der Waals surface area contributed by atoms with Crippen LogP contribution in [0.15, 0.2) is 48.5 Å². The van der Waals surface area contributed by atoms with E-state index >= 15 is 0 Å². The van der Waals surface area contributed by atoms with Gasteiger partial charge in [0.2, 0.25) is 5.91 Å². The number of benzene rings is 2. The number of hydrogen-bond acceptors (Lipinski definition) is 3. The summed E-state index contributed by atoms with van der Waals surface area (Å²) in [4.78, 5) is 23.1.